The second-order valence-electron chi connectivity index (χ2n) is 2.95. The van der Waals surface area contributed by atoms with Gasteiger partial charge in [0, 0.05) is 23.2 Å². The van der Waals surface area contributed by atoms with Crippen molar-refractivity contribution in [3.63, 3.8) is 0 Å². The summed E-state index contributed by atoms with van der Waals surface area (Å²) in [6.45, 7) is 4.01. The van der Waals surface area contributed by atoms with Gasteiger partial charge in [-0.1, -0.05) is 18.5 Å². The molecule has 0 amide bonds. The van der Waals surface area contributed by atoms with Crippen LogP contribution in [0.1, 0.15) is 18.3 Å². The van der Waals surface area contributed by atoms with Gasteiger partial charge in [0.1, 0.15) is 5.82 Å². The van der Waals surface area contributed by atoms with Crippen LogP contribution in [0.5, 0.6) is 0 Å². The summed E-state index contributed by atoms with van der Waals surface area (Å²) in [4.78, 5) is 0. The number of aryl methyl sites for hydroxylation is 2. The number of aromatic nitrogens is 3. The number of pyridine rings is 1. The molecule has 0 radical (unpaired) electrons. The van der Waals surface area contributed by atoms with E-state index in [2.05, 4.69) is 17.1 Å². The molecule has 2 aromatic heterocycles. The van der Waals surface area contributed by atoms with E-state index in [4.69, 9.17) is 11.6 Å². The fraction of sp³-hybridized carbons (Fsp3) is 0.333. The zero-order chi connectivity index (χ0) is 9.42. The molecule has 0 aliphatic carbocycles. The molecule has 3 nitrogen and oxygen atoms in total. The second-order valence-corrected chi connectivity index (χ2v) is 3.36. The lowest BCUT2D eigenvalue weighted by Gasteiger charge is -2.00. The molecule has 0 aromatic carbocycles. The fourth-order valence-corrected chi connectivity index (χ4v) is 1.49. The van der Waals surface area contributed by atoms with Crippen LogP contribution >= 0.6 is 11.6 Å². The lowest BCUT2D eigenvalue weighted by atomic mass is 10.3. The molecule has 0 bridgehead atoms. The molecular formula is C9H10ClN3. The average Bonchev–Trinajstić information content (AvgIpc) is 2.55. The number of rotatable bonds is 1. The number of hydrogen-bond donors (Lipinski definition) is 0. The maximum atomic E-state index is 5.96. The Labute approximate surface area is 81.4 Å². The fourth-order valence-electron chi connectivity index (χ4n) is 1.35. The molecule has 0 N–H and O–H groups in total. The van der Waals surface area contributed by atoms with Gasteiger partial charge in [0.25, 0.3) is 0 Å². The van der Waals surface area contributed by atoms with Crippen LogP contribution < -0.4 is 0 Å². The van der Waals surface area contributed by atoms with Gasteiger partial charge in [-0.3, -0.25) is 4.40 Å². The number of hydrogen-bond acceptors (Lipinski definition) is 2. The number of fused-ring (bicyclic) bond motifs is 1. The molecule has 0 atom stereocenters. The van der Waals surface area contributed by atoms with Crippen molar-refractivity contribution in [3.8, 4) is 0 Å². The van der Waals surface area contributed by atoms with Crippen molar-refractivity contribution in [3.05, 3.63) is 28.7 Å². The van der Waals surface area contributed by atoms with Crippen LogP contribution in [0, 0.1) is 6.92 Å². The first-order chi connectivity index (χ1) is 6.24. The van der Waals surface area contributed by atoms with E-state index in [1.54, 1.807) is 0 Å². The molecule has 0 saturated heterocycles. The van der Waals surface area contributed by atoms with Crippen LogP contribution in [0.25, 0.3) is 5.65 Å². The molecule has 0 aliphatic rings. The summed E-state index contributed by atoms with van der Waals surface area (Å²) >= 11 is 5.96. The lowest BCUT2D eigenvalue weighted by Crippen LogP contribution is -1.93. The average molecular weight is 196 g/mol. The summed E-state index contributed by atoms with van der Waals surface area (Å²) in [5.41, 5.74) is 1.83. The smallest absolute Gasteiger partial charge is 0.165 e. The van der Waals surface area contributed by atoms with Gasteiger partial charge in [0.15, 0.2) is 5.65 Å². The van der Waals surface area contributed by atoms with Gasteiger partial charge >= 0.3 is 0 Å². The van der Waals surface area contributed by atoms with Gasteiger partial charge in [-0.15, -0.1) is 10.2 Å². The van der Waals surface area contributed by atoms with Gasteiger partial charge in [-0.05, 0) is 13.0 Å². The van der Waals surface area contributed by atoms with Crippen LogP contribution in [0.15, 0.2) is 12.3 Å². The maximum absolute atomic E-state index is 5.96. The molecule has 0 aliphatic heterocycles. The predicted octanol–water partition coefficient (Wildman–Crippen LogP) is 2.25. The topological polar surface area (TPSA) is 30.2 Å². The Morgan fingerprint density at radius 3 is 2.92 bits per heavy atom. The zero-order valence-electron chi connectivity index (χ0n) is 7.58. The largest absolute Gasteiger partial charge is 0.286 e. The van der Waals surface area contributed by atoms with Gasteiger partial charge in [-0.2, -0.15) is 0 Å². The van der Waals surface area contributed by atoms with E-state index in [9.17, 15) is 0 Å². The summed E-state index contributed by atoms with van der Waals surface area (Å²) in [6, 6.07) is 1.87. The Bertz CT molecular complexity index is 447. The quantitative estimate of drug-likeness (QED) is 0.699. The lowest BCUT2D eigenvalue weighted by molar-refractivity contribution is 0.909. The van der Waals surface area contributed by atoms with E-state index in [0.29, 0.717) is 0 Å². The van der Waals surface area contributed by atoms with Gasteiger partial charge < -0.3 is 0 Å². The molecule has 2 rings (SSSR count). The maximum Gasteiger partial charge on any atom is 0.165 e. The van der Waals surface area contributed by atoms with Crippen molar-refractivity contribution >= 4 is 17.2 Å². The van der Waals surface area contributed by atoms with Crippen molar-refractivity contribution in [1.29, 1.82) is 0 Å². The summed E-state index contributed by atoms with van der Waals surface area (Å²) in [7, 11) is 0. The Hall–Kier alpha value is -1.09. The van der Waals surface area contributed by atoms with Crippen molar-refractivity contribution in [2.24, 2.45) is 0 Å². The summed E-state index contributed by atoms with van der Waals surface area (Å²) in [5, 5.41) is 8.89. The molecule has 4 heteroatoms. The van der Waals surface area contributed by atoms with Crippen LogP contribution in [-0.4, -0.2) is 14.6 Å². The third kappa shape index (κ3) is 1.20. The summed E-state index contributed by atoms with van der Waals surface area (Å²) < 4.78 is 1.97. The highest BCUT2D eigenvalue weighted by Crippen LogP contribution is 2.18. The zero-order valence-corrected chi connectivity index (χ0v) is 8.34. The minimum Gasteiger partial charge on any atom is -0.286 e. The second kappa shape index (κ2) is 3.00. The predicted molar refractivity (Wildman–Crippen MR) is 52.1 cm³/mol. The van der Waals surface area contributed by atoms with Gasteiger partial charge in [0.05, 0.1) is 0 Å². The van der Waals surface area contributed by atoms with Crippen LogP contribution in [0.4, 0.5) is 0 Å². The first-order valence-electron chi connectivity index (χ1n) is 4.22. The first-order valence-corrected chi connectivity index (χ1v) is 4.60. The Kier molecular flexibility index (Phi) is 1.96. The summed E-state index contributed by atoms with van der Waals surface area (Å²) in [5.74, 6) is 0.967. The third-order valence-electron chi connectivity index (χ3n) is 2.15. The molecule has 0 fully saturated rings. The highest BCUT2D eigenvalue weighted by Gasteiger charge is 2.07. The third-order valence-corrected chi connectivity index (χ3v) is 2.56. The molecule has 0 unspecified atom stereocenters. The molecule has 13 heavy (non-hydrogen) atoms. The molecular weight excluding hydrogens is 186 g/mol. The van der Waals surface area contributed by atoms with E-state index < -0.39 is 0 Å². The van der Waals surface area contributed by atoms with Crippen molar-refractivity contribution in [2.75, 3.05) is 0 Å². The first kappa shape index (κ1) is 8.51. The van der Waals surface area contributed by atoms with E-state index >= 15 is 0 Å². The van der Waals surface area contributed by atoms with Crippen LogP contribution in [0.2, 0.25) is 5.02 Å². The highest BCUT2D eigenvalue weighted by molar-refractivity contribution is 6.31. The van der Waals surface area contributed by atoms with Gasteiger partial charge in [-0.25, -0.2) is 0 Å². The Morgan fingerprint density at radius 1 is 1.46 bits per heavy atom. The normalized spacial score (nSPS) is 11.0. The molecule has 0 spiro atoms. The van der Waals surface area contributed by atoms with Gasteiger partial charge in [0.2, 0.25) is 0 Å². The molecule has 0 saturated carbocycles. The van der Waals surface area contributed by atoms with Crippen molar-refractivity contribution < 1.29 is 0 Å². The Morgan fingerprint density at radius 2 is 2.23 bits per heavy atom. The minimum atomic E-state index is 0.738. The molecule has 2 heterocycles. The standard InChI is InChI=1S/C9H10ClN3/c1-3-8-11-12-9-6(2)7(10)4-5-13(8)9/h4-5H,3H2,1-2H3. The van der Waals surface area contributed by atoms with E-state index in [1.165, 1.54) is 0 Å². The minimum absolute atomic E-state index is 0.738. The number of nitrogens with zero attached hydrogens (tertiary/aromatic N) is 3. The molecule has 68 valence electrons. The van der Waals surface area contributed by atoms with E-state index in [1.807, 2.05) is 23.6 Å². The van der Waals surface area contributed by atoms with E-state index in [0.717, 1.165) is 28.5 Å². The molecule has 2 aromatic rings. The van der Waals surface area contributed by atoms with Crippen LogP contribution in [-0.2, 0) is 6.42 Å². The number of halogens is 1. The summed E-state index contributed by atoms with van der Waals surface area (Å²) in [6.07, 6.45) is 2.78. The van der Waals surface area contributed by atoms with Crippen molar-refractivity contribution in [2.45, 2.75) is 20.3 Å². The monoisotopic (exact) mass is 195 g/mol. The van der Waals surface area contributed by atoms with E-state index in [-0.39, 0.29) is 0 Å². The Balaban J connectivity index is 2.81. The highest BCUT2D eigenvalue weighted by atomic mass is 35.5. The van der Waals surface area contributed by atoms with Crippen LogP contribution in [0.3, 0.4) is 0 Å². The van der Waals surface area contributed by atoms with Crippen molar-refractivity contribution in [1.82, 2.24) is 14.6 Å². The SMILES string of the molecule is CCc1nnc2c(C)c(Cl)ccn12.